The van der Waals surface area contributed by atoms with Crippen molar-refractivity contribution in [3.8, 4) is 0 Å². The molecule has 0 saturated heterocycles. The number of esters is 1. The molecule has 0 amide bonds. The van der Waals surface area contributed by atoms with Crippen molar-refractivity contribution in [2.75, 3.05) is 12.4 Å². The van der Waals surface area contributed by atoms with Gasteiger partial charge in [-0.1, -0.05) is 46.1 Å². The van der Waals surface area contributed by atoms with E-state index in [0.717, 1.165) is 23.5 Å². The van der Waals surface area contributed by atoms with E-state index in [2.05, 4.69) is 15.0 Å². The van der Waals surface area contributed by atoms with Crippen LogP contribution < -0.4 is 5.32 Å². The number of rotatable bonds is 3. The van der Waals surface area contributed by atoms with Gasteiger partial charge in [-0.3, -0.25) is 0 Å². The van der Waals surface area contributed by atoms with Crippen LogP contribution in [0, 0.1) is 5.82 Å². The van der Waals surface area contributed by atoms with Crippen molar-refractivity contribution in [3.05, 3.63) is 38.0 Å². The van der Waals surface area contributed by atoms with E-state index < -0.39 is 11.8 Å². The van der Waals surface area contributed by atoms with Gasteiger partial charge in [0.25, 0.3) is 0 Å². The van der Waals surface area contributed by atoms with Crippen LogP contribution in [0.2, 0.25) is 15.2 Å². The first-order valence-corrected chi connectivity index (χ1v) is 7.03. The number of thiazole rings is 1. The third-order valence-corrected chi connectivity index (χ3v) is 4.13. The van der Waals surface area contributed by atoms with Crippen LogP contribution in [0.1, 0.15) is 9.67 Å². The van der Waals surface area contributed by atoms with Gasteiger partial charge in [0.05, 0.1) is 22.8 Å². The molecule has 0 bridgehead atoms. The molecule has 4 nitrogen and oxygen atoms in total. The Balaban J connectivity index is 2.34. The summed E-state index contributed by atoms with van der Waals surface area (Å²) < 4.78 is 17.6. The van der Waals surface area contributed by atoms with E-state index in [9.17, 15) is 9.18 Å². The highest BCUT2D eigenvalue weighted by Crippen LogP contribution is 2.36. The molecule has 2 rings (SSSR count). The number of carbonyl (C=O) groups excluding carboxylic acids is 1. The van der Waals surface area contributed by atoms with Crippen LogP contribution in [0.3, 0.4) is 0 Å². The number of anilines is 2. The molecule has 0 atom stereocenters. The lowest BCUT2D eigenvalue weighted by Gasteiger charge is -2.07. The fourth-order valence-corrected chi connectivity index (χ4v) is 3.00. The largest absolute Gasteiger partial charge is 0.465 e. The highest BCUT2D eigenvalue weighted by Gasteiger charge is 2.18. The third-order valence-electron chi connectivity index (χ3n) is 2.20. The molecule has 1 aromatic heterocycles. The van der Waals surface area contributed by atoms with Crippen LogP contribution in [0.15, 0.2) is 12.1 Å². The van der Waals surface area contributed by atoms with Gasteiger partial charge in [0.15, 0.2) is 15.2 Å². The molecule has 0 unspecified atom stereocenters. The average molecular weight is 356 g/mol. The first kappa shape index (κ1) is 15.3. The van der Waals surface area contributed by atoms with E-state index >= 15 is 0 Å². The predicted molar refractivity (Wildman–Crippen MR) is 78.2 cm³/mol. The molecule has 0 spiro atoms. The molecule has 1 heterocycles. The Labute approximate surface area is 132 Å². The van der Waals surface area contributed by atoms with Gasteiger partial charge in [0, 0.05) is 0 Å². The maximum Gasteiger partial charge on any atom is 0.351 e. The molecule has 0 aliphatic heterocycles. The molecule has 0 saturated carbocycles. The van der Waals surface area contributed by atoms with Gasteiger partial charge in [-0.05, 0) is 12.1 Å². The highest BCUT2D eigenvalue weighted by atomic mass is 35.5. The Bertz CT molecular complexity index is 655. The maximum atomic E-state index is 13.1. The fourth-order valence-electron chi connectivity index (χ4n) is 1.34. The van der Waals surface area contributed by atoms with Gasteiger partial charge in [-0.25, -0.2) is 14.2 Å². The van der Waals surface area contributed by atoms with E-state index in [1.54, 1.807) is 0 Å². The topological polar surface area (TPSA) is 51.2 Å². The quantitative estimate of drug-likeness (QED) is 0.806. The lowest BCUT2D eigenvalue weighted by Crippen LogP contribution is -1.98. The number of hydrogen-bond acceptors (Lipinski definition) is 5. The van der Waals surface area contributed by atoms with E-state index in [1.807, 2.05) is 0 Å². The molecule has 0 aliphatic rings. The molecule has 1 N–H and O–H groups in total. The first-order chi connectivity index (χ1) is 9.42. The number of halogens is 4. The summed E-state index contributed by atoms with van der Waals surface area (Å²) in [5, 5.41) is 3.24. The van der Waals surface area contributed by atoms with Crippen molar-refractivity contribution in [2.45, 2.75) is 0 Å². The smallest absolute Gasteiger partial charge is 0.351 e. The normalized spacial score (nSPS) is 10.4. The van der Waals surface area contributed by atoms with E-state index in [1.165, 1.54) is 7.11 Å². The molecule has 106 valence electrons. The van der Waals surface area contributed by atoms with Crippen LogP contribution in [0.5, 0.6) is 0 Å². The van der Waals surface area contributed by atoms with Gasteiger partial charge in [-0.15, -0.1) is 0 Å². The first-order valence-electron chi connectivity index (χ1n) is 5.08. The molecule has 1 aromatic carbocycles. The van der Waals surface area contributed by atoms with Crippen molar-refractivity contribution in [2.24, 2.45) is 0 Å². The van der Waals surface area contributed by atoms with Crippen LogP contribution in [0.4, 0.5) is 15.2 Å². The van der Waals surface area contributed by atoms with Gasteiger partial charge < -0.3 is 10.1 Å². The molecule has 0 radical (unpaired) electrons. The Kier molecular flexibility index (Phi) is 4.70. The molecule has 9 heteroatoms. The Hall–Kier alpha value is -1.08. The Morgan fingerprint density at radius 1 is 1.35 bits per heavy atom. The summed E-state index contributed by atoms with van der Waals surface area (Å²) in [5.41, 5.74) is 0.275. The predicted octanol–water partition coefficient (Wildman–Crippen LogP) is 4.77. The third kappa shape index (κ3) is 3.15. The minimum Gasteiger partial charge on any atom is -0.465 e. The van der Waals surface area contributed by atoms with Crippen LogP contribution in [0.25, 0.3) is 0 Å². The summed E-state index contributed by atoms with van der Waals surface area (Å²) in [6, 6.07) is 2.21. The van der Waals surface area contributed by atoms with Gasteiger partial charge in [0.2, 0.25) is 0 Å². The van der Waals surface area contributed by atoms with Crippen molar-refractivity contribution >= 4 is 62.9 Å². The summed E-state index contributed by atoms with van der Waals surface area (Å²) in [6.07, 6.45) is 0. The standard InChI is InChI=1S/C11H6Cl3FN2O2S/c1-19-10(18)8-9(14)17-11(20-8)16-7-5(12)2-4(15)3-6(7)13/h2-3H,1H3,(H,16,17). The second-order valence-corrected chi connectivity index (χ2v) is 5.67. The summed E-state index contributed by atoms with van der Waals surface area (Å²) >= 11 is 18.6. The minimum absolute atomic E-state index is 0.00120. The molecule has 0 fully saturated rings. The summed E-state index contributed by atoms with van der Waals surface area (Å²) in [7, 11) is 1.24. The van der Waals surface area contributed by atoms with Crippen molar-refractivity contribution in [1.82, 2.24) is 4.98 Å². The fraction of sp³-hybridized carbons (Fsp3) is 0.0909. The SMILES string of the molecule is COC(=O)c1sc(Nc2c(Cl)cc(F)cc2Cl)nc1Cl. The zero-order valence-electron chi connectivity index (χ0n) is 9.84. The van der Waals surface area contributed by atoms with Gasteiger partial charge >= 0.3 is 5.97 Å². The summed E-state index contributed by atoms with van der Waals surface area (Å²) in [5.74, 6) is -1.16. The molecular weight excluding hydrogens is 350 g/mol. The number of ether oxygens (including phenoxy) is 1. The molecule has 20 heavy (non-hydrogen) atoms. The number of hydrogen-bond donors (Lipinski definition) is 1. The van der Waals surface area contributed by atoms with Crippen LogP contribution >= 0.6 is 46.1 Å². The van der Waals surface area contributed by atoms with Crippen molar-refractivity contribution in [3.63, 3.8) is 0 Å². The van der Waals surface area contributed by atoms with Gasteiger partial charge in [0.1, 0.15) is 5.82 Å². The number of nitrogens with one attached hydrogen (secondary N) is 1. The molecular formula is C11H6Cl3FN2O2S. The number of aromatic nitrogens is 1. The zero-order valence-corrected chi connectivity index (χ0v) is 12.9. The van der Waals surface area contributed by atoms with Crippen molar-refractivity contribution < 1.29 is 13.9 Å². The lowest BCUT2D eigenvalue weighted by atomic mass is 10.3. The Morgan fingerprint density at radius 2 is 1.95 bits per heavy atom. The lowest BCUT2D eigenvalue weighted by molar-refractivity contribution is 0.0606. The maximum absolute atomic E-state index is 13.1. The van der Waals surface area contributed by atoms with Crippen LogP contribution in [-0.4, -0.2) is 18.1 Å². The van der Waals surface area contributed by atoms with Gasteiger partial charge in [-0.2, -0.15) is 0 Å². The van der Waals surface area contributed by atoms with E-state index in [0.29, 0.717) is 0 Å². The number of carbonyl (C=O) groups is 1. The number of benzene rings is 1. The number of nitrogens with zero attached hydrogens (tertiary/aromatic N) is 1. The van der Waals surface area contributed by atoms with Crippen molar-refractivity contribution in [1.29, 1.82) is 0 Å². The second kappa shape index (κ2) is 6.13. The van der Waals surface area contributed by atoms with E-state index in [-0.39, 0.29) is 30.9 Å². The monoisotopic (exact) mass is 354 g/mol. The Morgan fingerprint density at radius 3 is 2.50 bits per heavy atom. The zero-order chi connectivity index (χ0) is 14.9. The minimum atomic E-state index is -0.600. The van der Waals surface area contributed by atoms with E-state index in [4.69, 9.17) is 34.8 Å². The molecule has 0 aliphatic carbocycles. The second-order valence-electron chi connectivity index (χ2n) is 3.50. The highest BCUT2D eigenvalue weighted by molar-refractivity contribution is 7.18. The van der Waals surface area contributed by atoms with Crippen LogP contribution in [-0.2, 0) is 4.74 Å². The molecule has 2 aromatic rings. The average Bonchev–Trinajstić information content (AvgIpc) is 2.74. The summed E-state index contributed by atoms with van der Waals surface area (Å²) in [4.78, 5) is 15.5. The number of methoxy groups -OCH3 is 1. The summed E-state index contributed by atoms with van der Waals surface area (Å²) in [6.45, 7) is 0.